The lowest BCUT2D eigenvalue weighted by Crippen LogP contribution is -2.30. The minimum absolute atomic E-state index is 0.0394. The van der Waals surface area contributed by atoms with E-state index in [1.165, 1.54) is 12.1 Å². The van der Waals surface area contributed by atoms with Gasteiger partial charge in [0.1, 0.15) is 0 Å². The van der Waals surface area contributed by atoms with Gasteiger partial charge in [-0.3, -0.25) is 4.79 Å². The summed E-state index contributed by atoms with van der Waals surface area (Å²) in [4.78, 5) is 12.1. The molecule has 1 unspecified atom stereocenters. The molecule has 3 nitrogen and oxygen atoms in total. The monoisotopic (exact) mass is 251 g/mol. The van der Waals surface area contributed by atoms with Crippen molar-refractivity contribution in [2.24, 2.45) is 0 Å². The fourth-order valence-corrected chi connectivity index (χ4v) is 2.11. The van der Waals surface area contributed by atoms with Crippen LogP contribution in [0.3, 0.4) is 0 Å². The second-order valence-corrected chi connectivity index (χ2v) is 4.82. The number of Topliss-reactive ketones (excluding diaryl/α,β-unsaturated/α-hetero) is 1. The number of rotatable bonds is 4. The fourth-order valence-electron chi connectivity index (χ4n) is 2.11. The maximum absolute atomic E-state index is 13.8. The third-order valence-electron chi connectivity index (χ3n) is 2.96. The predicted molar refractivity (Wildman–Crippen MR) is 67.5 cm³/mol. The van der Waals surface area contributed by atoms with E-state index in [2.05, 4.69) is 5.32 Å². The van der Waals surface area contributed by atoms with Crippen molar-refractivity contribution in [3.63, 3.8) is 0 Å². The number of hydrogen-bond acceptors (Lipinski definition) is 3. The highest BCUT2D eigenvalue weighted by atomic mass is 19.1. The van der Waals surface area contributed by atoms with Crippen LogP contribution >= 0.6 is 0 Å². The van der Waals surface area contributed by atoms with Gasteiger partial charge >= 0.3 is 0 Å². The van der Waals surface area contributed by atoms with Gasteiger partial charge in [-0.2, -0.15) is 0 Å². The second kappa shape index (κ2) is 5.48. The Labute approximate surface area is 106 Å². The molecule has 0 amide bonds. The van der Waals surface area contributed by atoms with Crippen LogP contribution in [0.5, 0.6) is 5.75 Å². The van der Waals surface area contributed by atoms with Gasteiger partial charge in [0.15, 0.2) is 17.3 Å². The van der Waals surface area contributed by atoms with Crippen LogP contribution in [0.25, 0.3) is 0 Å². The Morgan fingerprint density at radius 2 is 2.28 bits per heavy atom. The Hall–Kier alpha value is -1.42. The third kappa shape index (κ3) is 2.88. The van der Waals surface area contributed by atoms with E-state index in [0.29, 0.717) is 5.56 Å². The lowest BCUT2D eigenvalue weighted by Gasteiger charge is -2.13. The Morgan fingerprint density at radius 1 is 1.50 bits per heavy atom. The van der Waals surface area contributed by atoms with E-state index >= 15 is 0 Å². The van der Waals surface area contributed by atoms with Crippen LogP contribution in [0.4, 0.5) is 4.39 Å². The van der Waals surface area contributed by atoms with Crippen molar-refractivity contribution >= 4 is 5.78 Å². The average Bonchev–Trinajstić information content (AvgIpc) is 2.84. The van der Waals surface area contributed by atoms with Gasteiger partial charge in [0.05, 0.1) is 12.1 Å². The molecule has 1 atom stereocenters. The zero-order valence-electron chi connectivity index (χ0n) is 10.7. The standard InChI is InChI=1S/C14H18FNO2/c1-9(2)18-13-6-5-10(8-11(13)15)14(17)12-4-3-7-16-12/h5-6,8-9,12,16H,3-4,7H2,1-2H3. The van der Waals surface area contributed by atoms with Crippen LogP contribution in [-0.4, -0.2) is 24.5 Å². The summed E-state index contributed by atoms with van der Waals surface area (Å²) >= 11 is 0. The van der Waals surface area contributed by atoms with Gasteiger partial charge in [-0.1, -0.05) is 0 Å². The van der Waals surface area contributed by atoms with Crippen molar-refractivity contribution in [1.82, 2.24) is 5.32 Å². The number of benzene rings is 1. The summed E-state index contributed by atoms with van der Waals surface area (Å²) in [6.07, 6.45) is 1.73. The van der Waals surface area contributed by atoms with Gasteiger partial charge in [0.25, 0.3) is 0 Å². The number of ether oxygens (including phenoxy) is 1. The molecule has 1 heterocycles. The molecule has 1 N–H and O–H groups in total. The summed E-state index contributed by atoms with van der Waals surface area (Å²) in [5.74, 6) is -0.323. The van der Waals surface area contributed by atoms with Crippen LogP contribution in [0.1, 0.15) is 37.0 Å². The summed E-state index contributed by atoms with van der Waals surface area (Å²) < 4.78 is 19.1. The molecular formula is C14H18FNO2. The van der Waals surface area contributed by atoms with E-state index in [0.717, 1.165) is 19.4 Å². The fraction of sp³-hybridized carbons (Fsp3) is 0.500. The number of nitrogens with one attached hydrogen (secondary N) is 1. The van der Waals surface area contributed by atoms with E-state index in [1.807, 2.05) is 13.8 Å². The zero-order chi connectivity index (χ0) is 13.1. The number of halogens is 1. The molecule has 0 aromatic heterocycles. The topological polar surface area (TPSA) is 38.3 Å². The van der Waals surface area contributed by atoms with Crippen molar-refractivity contribution in [1.29, 1.82) is 0 Å². The first kappa shape index (κ1) is 13.0. The van der Waals surface area contributed by atoms with Crippen LogP contribution in [0.15, 0.2) is 18.2 Å². The van der Waals surface area contributed by atoms with E-state index in [1.54, 1.807) is 6.07 Å². The van der Waals surface area contributed by atoms with Gasteiger partial charge < -0.3 is 10.1 Å². The molecule has 1 aromatic rings. The van der Waals surface area contributed by atoms with Crippen molar-refractivity contribution in [2.45, 2.75) is 38.8 Å². The molecule has 0 aliphatic carbocycles. The zero-order valence-corrected chi connectivity index (χ0v) is 10.7. The SMILES string of the molecule is CC(C)Oc1ccc(C(=O)C2CCCN2)cc1F. The summed E-state index contributed by atoms with van der Waals surface area (Å²) in [6.45, 7) is 4.52. The number of hydrogen-bond donors (Lipinski definition) is 1. The van der Waals surface area contributed by atoms with Crippen molar-refractivity contribution < 1.29 is 13.9 Å². The normalized spacial score (nSPS) is 19.2. The molecule has 1 aliphatic rings. The van der Waals surface area contributed by atoms with Crippen LogP contribution in [0, 0.1) is 5.82 Å². The Bertz CT molecular complexity index is 439. The smallest absolute Gasteiger partial charge is 0.179 e. The molecule has 2 rings (SSSR count). The molecule has 0 spiro atoms. The predicted octanol–water partition coefficient (Wildman–Crippen LogP) is 2.55. The van der Waals surface area contributed by atoms with Crippen LogP contribution in [0.2, 0.25) is 0 Å². The molecule has 0 bridgehead atoms. The molecule has 4 heteroatoms. The van der Waals surface area contributed by atoms with E-state index < -0.39 is 5.82 Å². The molecule has 1 fully saturated rings. The molecule has 98 valence electrons. The largest absolute Gasteiger partial charge is 0.488 e. The molecule has 1 aliphatic heterocycles. The average molecular weight is 251 g/mol. The Morgan fingerprint density at radius 3 is 2.83 bits per heavy atom. The van der Waals surface area contributed by atoms with Crippen LogP contribution < -0.4 is 10.1 Å². The lowest BCUT2D eigenvalue weighted by atomic mass is 10.0. The maximum atomic E-state index is 13.8. The third-order valence-corrected chi connectivity index (χ3v) is 2.96. The summed E-state index contributed by atoms with van der Waals surface area (Å²) in [5, 5.41) is 3.12. The van der Waals surface area contributed by atoms with Crippen LogP contribution in [-0.2, 0) is 0 Å². The number of carbonyl (C=O) groups is 1. The highest BCUT2D eigenvalue weighted by Gasteiger charge is 2.24. The minimum atomic E-state index is -0.479. The first-order valence-corrected chi connectivity index (χ1v) is 6.31. The van der Waals surface area contributed by atoms with Crippen molar-refractivity contribution in [3.05, 3.63) is 29.6 Å². The highest BCUT2D eigenvalue weighted by molar-refractivity contribution is 6.00. The van der Waals surface area contributed by atoms with E-state index in [4.69, 9.17) is 4.74 Å². The van der Waals surface area contributed by atoms with Gasteiger partial charge in [0, 0.05) is 5.56 Å². The maximum Gasteiger partial charge on any atom is 0.179 e. The van der Waals surface area contributed by atoms with E-state index in [9.17, 15) is 9.18 Å². The van der Waals surface area contributed by atoms with Gasteiger partial charge in [-0.05, 0) is 51.4 Å². The molecule has 1 aromatic carbocycles. The Kier molecular flexibility index (Phi) is 3.97. The molecular weight excluding hydrogens is 233 g/mol. The Balaban J connectivity index is 2.15. The van der Waals surface area contributed by atoms with Gasteiger partial charge in [-0.25, -0.2) is 4.39 Å². The number of ketones is 1. The quantitative estimate of drug-likeness (QED) is 0.836. The first-order valence-electron chi connectivity index (χ1n) is 6.31. The first-order chi connectivity index (χ1) is 8.58. The molecule has 18 heavy (non-hydrogen) atoms. The van der Waals surface area contributed by atoms with Gasteiger partial charge in [0.2, 0.25) is 0 Å². The summed E-state index contributed by atoms with van der Waals surface area (Å²) in [7, 11) is 0. The minimum Gasteiger partial charge on any atom is -0.488 e. The van der Waals surface area contributed by atoms with E-state index in [-0.39, 0.29) is 23.7 Å². The number of carbonyl (C=O) groups excluding carboxylic acids is 1. The molecule has 0 radical (unpaired) electrons. The highest BCUT2D eigenvalue weighted by Crippen LogP contribution is 2.21. The van der Waals surface area contributed by atoms with Crippen molar-refractivity contribution in [2.75, 3.05) is 6.54 Å². The lowest BCUT2D eigenvalue weighted by molar-refractivity contribution is 0.0951. The van der Waals surface area contributed by atoms with Crippen molar-refractivity contribution in [3.8, 4) is 5.75 Å². The summed E-state index contributed by atoms with van der Waals surface area (Å²) in [5.41, 5.74) is 0.406. The summed E-state index contributed by atoms with van der Waals surface area (Å²) in [6, 6.07) is 4.25. The molecule has 1 saturated heterocycles. The molecule has 0 saturated carbocycles. The van der Waals surface area contributed by atoms with Gasteiger partial charge in [-0.15, -0.1) is 0 Å². The second-order valence-electron chi connectivity index (χ2n) is 4.82.